The minimum Gasteiger partial charge on any atom is -0.393 e. The fraction of sp³-hybridized carbons (Fsp3) is 0.846. The highest BCUT2D eigenvalue weighted by molar-refractivity contribution is 5.97. The van der Waals surface area contributed by atoms with Crippen molar-refractivity contribution in [2.24, 2.45) is 94.7 Å². The molecule has 1 aliphatic heterocycles. The second-order valence-electron chi connectivity index (χ2n) is 12.8. The smallest absolute Gasteiger partial charge is 0.317 e. The first-order chi connectivity index (χ1) is 14.1. The van der Waals surface area contributed by atoms with Crippen LogP contribution in [0, 0.1) is 94.7 Å². The molecule has 152 valence electrons. The van der Waals surface area contributed by atoms with Crippen molar-refractivity contribution >= 4 is 11.9 Å². The maximum Gasteiger partial charge on any atom is 0.317 e. The van der Waals surface area contributed by atoms with Crippen molar-refractivity contribution in [3.05, 3.63) is 11.1 Å². The number of hydrogen-bond donors (Lipinski definition) is 0. The molecular weight excluding hydrogens is 360 g/mol. The second kappa shape index (κ2) is 4.41. The summed E-state index contributed by atoms with van der Waals surface area (Å²) in [6, 6.07) is 0. The number of esters is 2. The van der Waals surface area contributed by atoms with Gasteiger partial charge in [-0.3, -0.25) is 9.59 Å². The minimum absolute atomic E-state index is 0.0618. The van der Waals surface area contributed by atoms with E-state index in [2.05, 4.69) is 13.8 Å². The molecule has 0 amide bonds. The van der Waals surface area contributed by atoms with Gasteiger partial charge in [0.25, 0.3) is 0 Å². The Hall–Kier alpha value is -1.12. The molecular formula is C26H30O3. The molecule has 0 aromatic rings. The molecule has 0 N–H and O–H groups in total. The quantitative estimate of drug-likeness (QED) is 0.272. The van der Waals surface area contributed by atoms with Gasteiger partial charge in [-0.05, 0) is 122 Å². The Morgan fingerprint density at radius 1 is 0.552 bits per heavy atom. The van der Waals surface area contributed by atoms with E-state index in [4.69, 9.17) is 4.74 Å². The normalized spacial score (nSPS) is 68.8. The number of ether oxygens (including phenoxy) is 1. The fourth-order valence-electron chi connectivity index (χ4n) is 13.1. The third-order valence-electron chi connectivity index (χ3n) is 13.1. The van der Waals surface area contributed by atoms with Gasteiger partial charge in [0.1, 0.15) is 0 Å². The Morgan fingerprint density at radius 2 is 0.931 bits per heavy atom. The highest BCUT2D eigenvalue weighted by atomic mass is 16.6. The van der Waals surface area contributed by atoms with E-state index >= 15 is 0 Å². The molecule has 3 nitrogen and oxygen atoms in total. The summed E-state index contributed by atoms with van der Waals surface area (Å²) in [5.74, 6) is 11.4. The summed E-state index contributed by atoms with van der Waals surface area (Å²) >= 11 is 0. The van der Waals surface area contributed by atoms with Gasteiger partial charge in [0.2, 0.25) is 0 Å². The van der Waals surface area contributed by atoms with E-state index in [1.54, 1.807) is 11.1 Å². The zero-order valence-electron chi connectivity index (χ0n) is 17.3. The molecule has 0 aromatic carbocycles. The predicted molar refractivity (Wildman–Crippen MR) is 104 cm³/mol. The van der Waals surface area contributed by atoms with Crippen LogP contribution in [0.2, 0.25) is 0 Å². The van der Waals surface area contributed by atoms with E-state index < -0.39 is 0 Å². The molecule has 9 aliphatic rings. The predicted octanol–water partition coefficient (Wildman–Crippen LogP) is 3.93. The minimum atomic E-state index is -0.164. The summed E-state index contributed by atoms with van der Waals surface area (Å²) in [6.45, 7) is 4.88. The molecule has 29 heavy (non-hydrogen) atoms. The highest BCUT2D eigenvalue weighted by Gasteiger charge is 2.79. The van der Waals surface area contributed by atoms with Crippen LogP contribution in [0.3, 0.4) is 0 Å². The molecule has 9 rings (SSSR count). The van der Waals surface area contributed by atoms with Crippen LogP contribution in [0.15, 0.2) is 11.1 Å². The Balaban J connectivity index is 1.13. The second-order valence-corrected chi connectivity index (χ2v) is 12.8. The zero-order chi connectivity index (χ0) is 19.1. The molecule has 16 unspecified atom stereocenters. The topological polar surface area (TPSA) is 43.4 Å². The van der Waals surface area contributed by atoms with E-state index in [0.717, 1.165) is 77.4 Å². The summed E-state index contributed by atoms with van der Waals surface area (Å²) in [5, 5.41) is 0. The summed E-state index contributed by atoms with van der Waals surface area (Å²) < 4.78 is 5.15. The summed E-state index contributed by atoms with van der Waals surface area (Å²) in [4.78, 5) is 24.9. The zero-order valence-corrected chi connectivity index (χ0v) is 17.3. The van der Waals surface area contributed by atoms with Crippen molar-refractivity contribution < 1.29 is 14.3 Å². The van der Waals surface area contributed by atoms with Gasteiger partial charge >= 0.3 is 11.9 Å². The Kier molecular flexibility index (Phi) is 2.38. The molecule has 8 fully saturated rings. The maximum absolute atomic E-state index is 12.5. The van der Waals surface area contributed by atoms with Gasteiger partial charge in [-0.15, -0.1) is 0 Å². The summed E-state index contributed by atoms with van der Waals surface area (Å²) in [6.07, 6.45) is 5.59. The van der Waals surface area contributed by atoms with E-state index in [9.17, 15) is 9.59 Å². The van der Waals surface area contributed by atoms with Crippen molar-refractivity contribution in [3.63, 3.8) is 0 Å². The summed E-state index contributed by atoms with van der Waals surface area (Å²) in [5.41, 5.74) is 3.52. The number of carbonyl (C=O) groups excluding carboxylic acids is 2. The van der Waals surface area contributed by atoms with Crippen molar-refractivity contribution in [2.45, 2.75) is 39.5 Å². The van der Waals surface area contributed by atoms with Gasteiger partial charge in [-0.2, -0.15) is 0 Å². The van der Waals surface area contributed by atoms with Gasteiger partial charge in [0.05, 0.1) is 11.8 Å². The molecule has 1 saturated heterocycles. The third-order valence-corrected chi connectivity index (χ3v) is 13.1. The van der Waals surface area contributed by atoms with Crippen molar-refractivity contribution in [1.29, 1.82) is 0 Å². The molecule has 8 bridgehead atoms. The first kappa shape index (κ1) is 15.6. The van der Waals surface area contributed by atoms with E-state index in [-0.39, 0.29) is 23.8 Å². The molecule has 7 saturated carbocycles. The van der Waals surface area contributed by atoms with Crippen LogP contribution in [0.4, 0.5) is 0 Å². The molecule has 8 aliphatic carbocycles. The monoisotopic (exact) mass is 390 g/mol. The van der Waals surface area contributed by atoms with Crippen molar-refractivity contribution in [1.82, 2.24) is 0 Å². The SMILES string of the molecule is CC1=C(C)C2CC1C1C3CC(C21)C1C2CC(C4C5CC(C6C(=O)OC(=O)C56)C24)C31. The number of rotatable bonds is 0. The lowest BCUT2D eigenvalue weighted by molar-refractivity contribution is -0.154. The Morgan fingerprint density at radius 3 is 1.41 bits per heavy atom. The van der Waals surface area contributed by atoms with Crippen LogP contribution in [-0.2, 0) is 14.3 Å². The van der Waals surface area contributed by atoms with Crippen LogP contribution in [0.5, 0.6) is 0 Å². The molecule has 1 heterocycles. The average molecular weight is 391 g/mol. The Bertz CT molecular complexity index is 878. The third kappa shape index (κ3) is 1.35. The molecule has 0 aromatic heterocycles. The first-order valence-corrected chi connectivity index (χ1v) is 12.5. The van der Waals surface area contributed by atoms with Crippen LogP contribution in [0.1, 0.15) is 39.5 Å². The number of carbonyl (C=O) groups is 2. The van der Waals surface area contributed by atoms with Crippen molar-refractivity contribution in [3.8, 4) is 0 Å². The average Bonchev–Trinajstić information content (AvgIpc) is 3.51. The van der Waals surface area contributed by atoms with E-state index in [0.29, 0.717) is 11.8 Å². The lowest BCUT2D eigenvalue weighted by Crippen LogP contribution is -2.49. The largest absolute Gasteiger partial charge is 0.393 e. The van der Waals surface area contributed by atoms with Gasteiger partial charge in [0.15, 0.2) is 0 Å². The van der Waals surface area contributed by atoms with Crippen LogP contribution < -0.4 is 0 Å². The van der Waals surface area contributed by atoms with Crippen LogP contribution in [0.25, 0.3) is 0 Å². The lowest BCUT2D eigenvalue weighted by atomic mass is 9.53. The van der Waals surface area contributed by atoms with Crippen LogP contribution in [-0.4, -0.2) is 11.9 Å². The van der Waals surface area contributed by atoms with Gasteiger partial charge in [-0.25, -0.2) is 0 Å². The fourth-order valence-corrected chi connectivity index (χ4v) is 13.1. The molecule has 0 radical (unpaired) electrons. The van der Waals surface area contributed by atoms with Gasteiger partial charge in [-0.1, -0.05) is 11.1 Å². The van der Waals surface area contributed by atoms with E-state index in [1.807, 2.05) is 0 Å². The maximum atomic E-state index is 12.5. The molecule has 0 spiro atoms. The van der Waals surface area contributed by atoms with Gasteiger partial charge < -0.3 is 4.74 Å². The Labute approximate surface area is 172 Å². The first-order valence-electron chi connectivity index (χ1n) is 12.5. The van der Waals surface area contributed by atoms with Crippen molar-refractivity contribution in [2.75, 3.05) is 0 Å². The number of allylic oxidation sites excluding steroid dienone is 2. The summed E-state index contributed by atoms with van der Waals surface area (Å²) in [7, 11) is 0. The van der Waals surface area contributed by atoms with E-state index in [1.165, 1.54) is 19.3 Å². The number of fused-ring (bicyclic) bond motifs is 26. The number of hydrogen-bond acceptors (Lipinski definition) is 3. The molecule has 16 atom stereocenters. The van der Waals surface area contributed by atoms with Crippen LogP contribution >= 0.6 is 0 Å². The van der Waals surface area contributed by atoms with Gasteiger partial charge in [0, 0.05) is 0 Å². The highest BCUT2D eigenvalue weighted by Crippen LogP contribution is 2.82. The lowest BCUT2D eigenvalue weighted by Gasteiger charge is -2.51. The number of cyclic esters (lactones) is 2. The standard InChI is InChI=1S/C26H30O3/c1-7-8(2)10-3-9(7)17-11-4-12(18(10)17)20-14-5-13(19(11)20)21-15-6-16(22(14)21)24-23(15)25(27)29-26(24)28/h9-24H,3-6H2,1-2H3. The molecule has 3 heteroatoms.